The number of allylic oxidation sites excluding steroid dienone is 2. The second-order valence-corrected chi connectivity index (χ2v) is 3.74. The van der Waals surface area contributed by atoms with Gasteiger partial charge in [-0.05, 0) is 18.1 Å². The number of ketones is 1. The number of nitrogens with one attached hydrogen (secondary N) is 1. The van der Waals surface area contributed by atoms with Crippen molar-refractivity contribution in [1.29, 1.82) is 0 Å². The molecule has 1 N–H and O–H groups in total. The standard InChI is InChI=1S/C14H18N2O/c1-10(12-8-6-5-7-9-12)13(15-3)14(16-4)11(2)17/h5-9,15H,1-4H3/b13-10-,16-14-. The van der Waals surface area contributed by atoms with Crippen LogP contribution in [0.3, 0.4) is 0 Å². The Bertz CT molecular complexity index is 458. The van der Waals surface area contributed by atoms with E-state index in [4.69, 9.17) is 0 Å². The van der Waals surface area contributed by atoms with Crippen molar-refractivity contribution in [3.8, 4) is 0 Å². The number of hydrogen-bond donors (Lipinski definition) is 1. The van der Waals surface area contributed by atoms with Crippen molar-refractivity contribution in [3.05, 3.63) is 41.6 Å². The molecule has 0 radical (unpaired) electrons. The molecule has 0 saturated heterocycles. The molecule has 0 fully saturated rings. The van der Waals surface area contributed by atoms with Crippen LogP contribution >= 0.6 is 0 Å². The maximum Gasteiger partial charge on any atom is 0.179 e. The van der Waals surface area contributed by atoms with Gasteiger partial charge in [-0.3, -0.25) is 9.79 Å². The highest BCUT2D eigenvalue weighted by molar-refractivity contribution is 6.46. The highest BCUT2D eigenvalue weighted by Crippen LogP contribution is 2.17. The van der Waals surface area contributed by atoms with Crippen LogP contribution in [0, 0.1) is 0 Å². The predicted molar refractivity (Wildman–Crippen MR) is 72.1 cm³/mol. The summed E-state index contributed by atoms with van der Waals surface area (Å²) in [5, 5.41) is 3.06. The molecular formula is C14H18N2O. The molecule has 0 aliphatic rings. The second-order valence-electron chi connectivity index (χ2n) is 3.74. The summed E-state index contributed by atoms with van der Waals surface area (Å²) in [7, 11) is 3.43. The van der Waals surface area contributed by atoms with E-state index in [1.807, 2.05) is 37.3 Å². The number of Topliss-reactive ketones (excluding diaryl/α,β-unsaturated/α-hetero) is 1. The van der Waals surface area contributed by atoms with E-state index in [-0.39, 0.29) is 5.78 Å². The molecule has 0 spiro atoms. The second kappa shape index (κ2) is 5.99. The molecule has 0 aromatic heterocycles. The van der Waals surface area contributed by atoms with Gasteiger partial charge in [0.05, 0.1) is 5.70 Å². The number of carbonyl (C=O) groups is 1. The Hall–Kier alpha value is -1.90. The van der Waals surface area contributed by atoms with Gasteiger partial charge >= 0.3 is 0 Å². The van der Waals surface area contributed by atoms with Gasteiger partial charge in [-0.1, -0.05) is 30.3 Å². The molecule has 0 aliphatic heterocycles. The monoisotopic (exact) mass is 230 g/mol. The van der Waals surface area contributed by atoms with Gasteiger partial charge in [-0.2, -0.15) is 0 Å². The summed E-state index contributed by atoms with van der Waals surface area (Å²) in [6, 6.07) is 9.95. The summed E-state index contributed by atoms with van der Waals surface area (Å²) in [4.78, 5) is 15.6. The Balaban J connectivity index is 3.29. The fraction of sp³-hybridized carbons (Fsp3) is 0.286. The lowest BCUT2D eigenvalue weighted by Crippen LogP contribution is -2.23. The third kappa shape index (κ3) is 3.03. The van der Waals surface area contributed by atoms with Gasteiger partial charge in [0.25, 0.3) is 0 Å². The van der Waals surface area contributed by atoms with Gasteiger partial charge in [0.15, 0.2) is 5.78 Å². The van der Waals surface area contributed by atoms with E-state index in [0.717, 1.165) is 16.8 Å². The first kappa shape index (κ1) is 13.2. The van der Waals surface area contributed by atoms with Gasteiger partial charge in [0.1, 0.15) is 5.71 Å². The van der Waals surface area contributed by atoms with Crippen LogP contribution in [0.15, 0.2) is 41.0 Å². The average molecular weight is 230 g/mol. The molecule has 0 unspecified atom stereocenters. The van der Waals surface area contributed by atoms with Crippen LogP contribution in [0.1, 0.15) is 19.4 Å². The molecule has 1 rings (SSSR count). The highest BCUT2D eigenvalue weighted by atomic mass is 16.1. The molecule has 0 saturated carbocycles. The Kier molecular flexibility index (Phi) is 4.64. The normalized spacial score (nSPS) is 13.1. The zero-order valence-electron chi connectivity index (χ0n) is 10.7. The van der Waals surface area contributed by atoms with Crippen LogP contribution in [0.25, 0.3) is 5.57 Å². The lowest BCUT2D eigenvalue weighted by molar-refractivity contribution is -0.111. The molecule has 0 amide bonds. The van der Waals surface area contributed by atoms with Gasteiger partial charge in [0.2, 0.25) is 0 Å². The molecule has 0 heterocycles. The first-order chi connectivity index (χ1) is 8.11. The molecule has 1 aromatic carbocycles. The largest absolute Gasteiger partial charge is 0.386 e. The van der Waals surface area contributed by atoms with Crippen molar-refractivity contribution in [3.63, 3.8) is 0 Å². The maximum atomic E-state index is 11.5. The minimum absolute atomic E-state index is 0.0351. The van der Waals surface area contributed by atoms with Crippen molar-refractivity contribution >= 4 is 17.1 Å². The molecule has 0 bridgehead atoms. The summed E-state index contributed by atoms with van der Waals surface area (Å²) >= 11 is 0. The van der Waals surface area contributed by atoms with Crippen LogP contribution in [0.5, 0.6) is 0 Å². The molecule has 3 heteroatoms. The smallest absolute Gasteiger partial charge is 0.179 e. The van der Waals surface area contributed by atoms with E-state index in [9.17, 15) is 4.79 Å². The number of aliphatic imine (C=N–C) groups is 1. The quantitative estimate of drug-likeness (QED) is 0.806. The van der Waals surface area contributed by atoms with E-state index in [1.54, 1.807) is 14.1 Å². The third-order valence-corrected chi connectivity index (χ3v) is 2.63. The van der Waals surface area contributed by atoms with E-state index < -0.39 is 0 Å². The van der Waals surface area contributed by atoms with Gasteiger partial charge in [-0.25, -0.2) is 0 Å². The Labute approximate surface area is 102 Å². The number of hydrogen-bond acceptors (Lipinski definition) is 3. The summed E-state index contributed by atoms with van der Waals surface area (Å²) in [6.45, 7) is 3.51. The maximum absolute atomic E-state index is 11.5. The van der Waals surface area contributed by atoms with E-state index in [2.05, 4.69) is 10.3 Å². The number of benzene rings is 1. The lowest BCUT2D eigenvalue weighted by atomic mass is 10.0. The molecule has 90 valence electrons. The summed E-state index contributed by atoms with van der Waals surface area (Å²) < 4.78 is 0. The molecule has 0 atom stereocenters. The van der Waals surface area contributed by atoms with Crippen molar-refractivity contribution in [2.45, 2.75) is 13.8 Å². The van der Waals surface area contributed by atoms with Crippen LogP contribution < -0.4 is 5.32 Å². The van der Waals surface area contributed by atoms with Crippen molar-refractivity contribution < 1.29 is 4.79 Å². The SMILES string of the molecule is C/N=C(C(C)=O)\C(NC)=C(/C)c1ccccc1. The minimum Gasteiger partial charge on any atom is -0.386 e. The summed E-state index contributed by atoms with van der Waals surface area (Å²) in [5.74, 6) is -0.0351. The zero-order valence-corrected chi connectivity index (χ0v) is 10.7. The molecular weight excluding hydrogens is 212 g/mol. The molecule has 1 aromatic rings. The Morgan fingerprint density at radius 3 is 2.18 bits per heavy atom. The number of carbonyl (C=O) groups excluding carboxylic acids is 1. The fourth-order valence-corrected chi connectivity index (χ4v) is 1.76. The highest BCUT2D eigenvalue weighted by Gasteiger charge is 2.13. The van der Waals surface area contributed by atoms with Gasteiger partial charge in [0, 0.05) is 21.0 Å². The van der Waals surface area contributed by atoms with Crippen LogP contribution in [-0.2, 0) is 4.79 Å². The number of nitrogens with zero attached hydrogens (tertiary/aromatic N) is 1. The Morgan fingerprint density at radius 1 is 1.18 bits per heavy atom. The molecule has 0 aliphatic carbocycles. The van der Waals surface area contributed by atoms with Crippen LogP contribution in [0.2, 0.25) is 0 Å². The first-order valence-electron chi connectivity index (χ1n) is 5.54. The van der Waals surface area contributed by atoms with E-state index in [1.165, 1.54) is 6.92 Å². The van der Waals surface area contributed by atoms with E-state index in [0.29, 0.717) is 5.71 Å². The van der Waals surface area contributed by atoms with Gasteiger partial charge in [-0.15, -0.1) is 0 Å². The third-order valence-electron chi connectivity index (χ3n) is 2.63. The number of rotatable bonds is 4. The topological polar surface area (TPSA) is 41.5 Å². The minimum atomic E-state index is -0.0351. The lowest BCUT2D eigenvalue weighted by Gasteiger charge is -2.12. The van der Waals surface area contributed by atoms with Crippen molar-refractivity contribution in [1.82, 2.24) is 5.32 Å². The van der Waals surface area contributed by atoms with Crippen LogP contribution in [-0.4, -0.2) is 25.6 Å². The average Bonchev–Trinajstić information content (AvgIpc) is 2.35. The zero-order chi connectivity index (χ0) is 12.8. The van der Waals surface area contributed by atoms with Crippen LogP contribution in [0.4, 0.5) is 0 Å². The first-order valence-corrected chi connectivity index (χ1v) is 5.54. The van der Waals surface area contributed by atoms with E-state index >= 15 is 0 Å². The molecule has 17 heavy (non-hydrogen) atoms. The predicted octanol–water partition coefficient (Wildman–Crippen LogP) is 2.30. The van der Waals surface area contributed by atoms with Crippen molar-refractivity contribution in [2.24, 2.45) is 4.99 Å². The summed E-state index contributed by atoms with van der Waals surface area (Å²) in [5.41, 5.74) is 3.36. The van der Waals surface area contributed by atoms with Crippen molar-refractivity contribution in [2.75, 3.05) is 14.1 Å². The Morgan fingerprint density at radius 2 is 1.76 bits per heavy atom. The molecule has 3 nitrogen and oxygen atoms in total. The summed E-state index contributed by atoms with van der Waals surface area (Å²) in [6.07, 6.45) is 0. The van der Waals surface area contributed by atoms with Gasteiger partial charge < -0.3 is 5.32 Å². The fourth-order valence-electron chi connectivity index (χ4n) is 1.76.